The van der Waals surface area contributed by atoms with E-state index < -0.39 is 0 Å². The normalized spacial score (nSPS) is 8.55. The molecular formula is C9H7ClO. The Kier molecular flexibility index (Phi) is 2.97. The Bertz CT molecular complexity index is 296. The number of hydrogen-bond donors (Lipinski definition) is 1. The standard InChI is InChI=1S/C9H7ClO/c10-9-6-2-1-4-8(9)5-3-7-11/h1-2,4,6,11H,7H2. The summed E-state index contributed by atoms with van der Waals surface area (Å²) in [5, 5.41) is 9.02. The molecule has 0 amide bonds. The number of hydrogen-bond acceptors (Lipinski definition) is 1. The van der Waals surface area contributed by atoms with Crippen LogP contribution in [0.1, 0.15) is 5.56 Å². The summed E-state index contributed by atoms with van der Waals surface area (Å²) in [4.78, 5) is 0. The zero-order valence-electron chi connectivity index (χ0n) is 5.84. The molecule has 0 atom stereocenters. The molecule has 56 valence electrons. The second-order valence-electron chi connectivity index (χ2n) is 1.94. The van der Waals surface area contributed by atoms with E-state index in [4.69, 9.17) is 16.7 Å². The average molecular weight is 167 g/mol. The fraction of sp³-hybridized carbons (Fsp3) is 0.111. The predicted octanol–water partition coefficient (Wildman–Crippen LogP) is 1.68. The molecule has 1 aromatic carbocycles. The van der Waals surface area contributed by atoms with E-state index >= 15 is 0 Å². The van der Waals surface area contributed by atoms with Gasteiger partial charge in [-0.1, -0.05) is 35.6 Å². The lowest BCUT2D eigenvalue weighted by Gasteiger charge is -1.91. The van der Waals surface area contributed by atoms with Crippen LogP contribution in [0.5, 0.6) is 0 Å². The fourth-order valence-corrected chi connectivity index (χ4v) is 0.880. The van der Waals surface area contributed by atoms with Gasteiger partial charge in [-0.25, -0.2) is 0 Å². The van der Waals surface area contributed by atoms with Gasteiger partial charge in [0.1, 0.15) is 6.61 Å². The number of benzene rings is 1. The Morgan fingerprint density at radius 1 is 1.36 bits per heavy atom. The topological polar surface area (TPSA) is 20.2 Å². The number of halogens is 1. The maximum Gasteiger partial charge on any atom is 0.104 e. The highest BCUT2D eigenvalue weighted by atomic mass is 35.5. The van der Waals surface area contributed by atoms with Gasteiger partial charge in [-0.2, -0.15) is 0 Å². The molecule has 0 aliphatic rings. The molecule has 0 aromatic heterocycles. The summed E-state index contributed by atoms with van der Waals surface area (Å²) >= 11 is 5.78. The van der Waals surface area contributed by atoms with Crippen LogP contribution in [0.15, 0.2) is 24.3 Å². The maximum atomic E-state index is 8.40. The van der Waals surface area contributed by atoms with Crippen molar-refractivity contribution in [1.82, 2.24) is 0 Å². The van der Waals surface area contributed by atoms with Crippen molar-refractivity contribution in [1.29, 1.82) is 0 Å². The van der Waals surface area contributed by atoms with Crippen LogP contribution in [-0.4, -0.2) is 11.7 Å². The van der Waals surface area contributed by atoms with Gasteiger partial charge in [0.2, 0.25) is 0 Å². The van der Waals surface area contributed by atoms with Crippen LogP contribution in [0.25, 0.3) is 0 Å². The van der Waals surface area contributed by atoms with Crippen molar-refractivity contribution >= 4 is 11.6 Å². The van der Waals surface area contributed by atoms with Crippen LogP contribution in [0, 0.1) is 11.8 Å². The molecule has 1 nitrogen and oxygen atoms in total. The summed E-state index contributed by atoms with van der Waals surface area (Å²) in [5.74, 6) is 5.26. The summed E-state index contributed by atoms with van der Waals surface area (Å²) in [5.41, 5.74) is 0.753. The van der Waals surface area contributed by atoms with E-state index in [1.165, 1.54) is 0 Å². The molecule has 2 heteroatoms. The van der Waals surface area contributed by atoms with Gasteiger partial charge in [-0.15, -0.1) is 0 Å². The SMILES string of the molecule is OCC#Cc1ccccc1Cl. The van der Waals surface area contributed by atoms with Gasteiger partial charge in [-0.05, 0) is 12.1 Å². The quantitative estimate of drug-likeness (QED) is 0.582. The third-order valence-corrected chi connectivity index (χ3v) is 1.51. The summed E-state index contributed by atoms with van der Waals surface area (Å²) < 4.78 is 0. The molecule has 0 heterocycles. The first-order chi connectivity index (χ1) is 5.34. The van der Waals surface area contributed by atoms with E-state index in [0.717, 1.165) is 5.56 Å². The highest BCUT2D eigenvalue weighted by molar-refractivity contribution is 6.31. The van der Waals surface area contributed by atoms with Crippen LogP contribution < -0.4 is 0 Å². The van der Waals surface area contributed by atoms with Gasteiger partial charge >= 0.3 is 0 Å². The molecule has 1 aromatic rings. The zero-order chi connectivity index (χ0) is 8.10. The highest BCUT2D eigenvalue weighted by Crippen LogP contribution is 2.12. The minimum Gasteiger partial charge on any atom is -0.384 e. The van der Waals surface area contributed by atoms with Crippen molar-refractivity contribution in [2.24, 2.45) is 0 Å². The third kappa shape index (κ3) is 2.27. The smallest absolute Gasteiger partial charge is 0.104 e. The molecule has 0 fully saturated rings. The Labute approximate surface area is 70.6 Å². The van der Waals surface area contributed by atoms with Crippen LogP contribution in [0.3, 0.4) is 0 Å². The van der Waals surface area contributed by atoms with Gasteiger partial charge in [-0.3, -0.25) is 0 Å². The lowest BCUT2D eigenvalue weighted by molar-refractivity contribution is 0.350. The van der Waals surface area contributed by atoms with Gasteiger partial charge in [0.05, 0.1) is 5.02 Å². The minimum absolute atomic E-state index is 0.134. The van der Waals surface area contributed by atoms with Crippen LogP contribution in [0.4, 0.5) is 0 Å². The minimum atomic E-state index is -0.134. The summed E-state index contributed by atoms with van der Waals surface area (Å²) in [6.45, 7) is -0.134. The van der Waals surface area contributed by atoms with Crippen LogP contribution in [0.2, 0.25) is 5.02 Å². The first-order valence-corrected chi connectivity index (χ1v) is 3.56. The highest BCUT2D eigenvalue weighted by Gasteiger charge is 1.91. The molecule has 0 aliphatic heterocycles. The molecule has 0 spiro atoms. The van der Waals surface area contributed by atoms with Gasteiger partial charge in [0, 0.05) is 5.56 Å². The predicted molar refractivity (Wildman–Crippen MR) is 45.4 cm³/mol. The van der Waals surface area contributed by atoms with Crippen LogP contribution in [-0.2, 0) is 0 Å². The van der Waals surface area contributed by atoms with E-state index in [1.54, 1.807) is 6.07 Å². The van der Waals surface area contributed by atoms with Gasteiger partial charge in [0.15, 0.2) is 0 Å². The van der Waals surface area contributed by atoms with Gasteiger partial charge < -0.3 is 5.11 Å². The first-order valence-electron chi connectivity index (χ1n) is 3.19. The molecule has 0 saturated carbocycles. The Balaban J connectivity index is 2.95. The Hall–Kier alpha value is -0.970. The lowest BCUT2D eigenvalue weighted by Crippen LogP contribution is -1.77. The van der Waals surface area contributed by atoms with E-state index in [1.807, 2.05) is 18.2 Å². The van der Waals surface area contributed by atoms with E-state index in [2.05, 4.69) is 11.8 Å². The van der Waals surface area contributed by atoms with Gasteiger partial charge in [0.25, 0.3) is 0 Å². The van der Waals surface area contributed by atoms with Crippen molar-refractivity contribution in [3.63, 3.8) is 0 Å². The molecule has 0 aliphatic carbocycles. The van der Waals surface area contributed by atoms with Crippen molar-refractivity contribution in [2.45, 2.75) is 0 Å². The summed E-state index contributed by atoms with van der Waals surface area (Å²) in [6, 6.07) is 7.27. The summed E-state index contributed by atoms with van der Waals surface area (Å²) in [7, 11) is 0. The zero-order valence-corrected chi connectivity index (χ0v) is 6.60. The number of rotatable bonds is 0. The lowest BCUT2D eigenvalue weighted by atomic mass is 10.2. The largest absolute Gasteiger partial charge is 0.384 e. The van der Waals surface area contributed by atoms with Crippen molar-refractivity contribution in [3.8, 4) is 11.8 Å². The van der Waals surface area contributed by atoms with Crippen molar-refractivity contribution < 1.29 is 5.11 Å². The third-order valence-electron chi connectivity index (χ3n) is 1.18. The molecule has 1 N–H and O–H groups in total. The maximum absolute atomic E-state index is 8.40. The number of aliphatic hydroxyl groups is 1. The second kappa shape index (κ2) is 4.02. The van der Waals surface area contributed by atoms with E-state index in [0.29, 0.717) is 5.02 Å². The monoisotopic (exact) mass is 166 g/mol. The average Bonchev–Trinajstić information content (AvgIpc) is 2.03. The van der Waals surface area contributed by atoms with Crippen molar-refractivity contribution in [3.05, 3.63) is 34.9 Å². The molecule has 0 radical (unpaired) electrons. The molecule has 1 rings (SSSR count). The number of aliphatic hydroxyl groups excluding tert-OH is 1. The van der Waals surface area contributed by atoms with E-state index in [9.17, 15) is 0 Å². The molecule has 0 unspecified atom stereocenters. The van der Waals surface area contributed by atoms with Crippen molar-refractivity contribution in [2.75, 3.05) is 6.61 Å². The van der Waals surface area contributed by atoms with E-state index in [-0.39, 0.29) is 6.61 Å². The summed E-state index contributed by atoms with van der Waals surface area (Å²) in [6.07, 6.45) is 0. The Morgan fingerprint density at radius 3 is 2.73 bits per heavy atom. The first kappa shape index (κ1) is 8.13. The molecule has 0 bridgehead atoms. The molecule has 11 heavy (non-hydrogen) atoms. The Morgan fingerprint density at radius 2 is 2.09 bits per heavy atom. The fourth-order valence-electron chi connectivity index (χ4n) is 0.697. The van der Waals surface area contributed by atoms with Crippen LogP contribution >= 0.6 is 11.6 Å². The molecule has 0 saturated heterocycles. The second-order valence-corrected chi connectivity index (χ2v) is 2.35. The molecular weight excluding hydrogens is 160 g/mol.